The van der Waals surface area contributed by atoms with Crippen molar-refractivity contribution in [1.29, 1.82) is 0 Å². The maximum atomic E-state index is 10.8. The molecule has 1 aromatic carbocycles. The summed E-state index contributed by atoms with van der Waals surface area (Å²) < 4.78 is 5.60. The fourth-order valence-electron chi connectivity index (χ4n) is 1.67. The van der Waals surface area contributed by atoms with E-state index in [0.717, 1.165) is 0 Å². The third-order valence-corrected chi connectivity index (χ3v) is 2.36. The molecule has 4 nitrogen and oxygen atoms in total. The van der Waals surface area contributed by atoms with Crippen LogP contribution in [0, 0.1) is 0 Å². The molecule has 2 N–H and O–H groups in total. The first kappa shape index (κ1) is 10.5. The number of ether oxygens (including phenoxy) is 1. The number of carbonyl (C=O) groups is 1. The van der Waals surface area contributed by atoms with E-state index in [4.69, 9.17) is 9.84 Å². The number of aliphatic hydroxyl groups excluding tert-OH is 1. The van der Waals surface area contributed by atoms with Gasteiger partial charge in [0.25, 0.3) is 0 Å². The van der Waals surface area contributed by atoms with Crippen molar-refractivity contribution in [3.05, 3.63) is 35.4 Å². The van der Waals surface area contributed by atoms with Crippen LogP contribution in [-0.2, 0) is 0 Å². The lowest BCUT2D eigenvalue weighted by atomic mass is 9.99. The van der Waals surface area contributed by atoms with Gasteiger partial charge in [0.15, 0.2) is 0 Å². The number of rotatable bonds is 1. The molecule has 1 aromatic rings. The van der Waals surface area contributed by atoms with Crippen LogP contribution in [0.5, 0.6) is 5.75 Å². The fraction of sp³-hybridized carbons (Fsp3) is 0.250. The molecule has 1 heterocycles. The minimum Gasteiger partial charge on any atom is -0.507 e. The van der Waals surface area contributed by atoms with Crippen LogP contribution in [0.25, 0.3) is 5.76 Å². The van der Waals surface area contributed by atoms with Crippen molar-refractivity contribution in [3.63, 3.8) is 0 Å². The highest BCUT2D eigenvalue weighted by Gasteiger charge is 2.26. The molecule has 1 aliphatic heterocycles. The summed E-state index contributed by atoms with van der Waals surface area (Å²) in [5.74, 6) is -0.482. The van der Waals surface area contributed by atoms with Crippen molar-refractivity contribution in [3.8, 4) is 5.75 Å². The SMILES string of the molecule is CC1(C)C=C(O)c2cc(C(=O)O)ccc2O1. The summed E-state index contributed by atoms with van der Waals surface area (Å²) in [5, 5.41) is 18.6. The lowest BCUT2D eigenvalue weighted by Crippen LogP contribution is -2.29. The monoisotopic (exact) mass is 220 g/mol. The minimum absolute atomic E-state index is 0.0503. The van der Waals surface area contributed by atoms with E-state index in [-0.39, 0.29) is 11.3 Å². The van der Waals surface area contributed by atoms with E-state index in [0.29, 0.717) is 11.3 Å². The van der Waals surface area contributed by atoms with Crippen molar-refractivity contribution >= 4 is 11.7 Å². The van der Waals surface area contributed by atoms with Crippen molar-refractivity contribution in [2.45, 2.75) is 19.4 Å². The predicted octanol–water partition coefficient (Wildman–Crippen LogP) is 2.45. The van der Waals surface area contributed by atoms with Crippen molar-refractivity contribution in [2.75, 3.05) is 0 Å². The summed E-state index contributed by atoms with van der Waals surface area (Å²) in [6.07, 6.45) is 1.56. The largest absolute Gasteiger partial charge is 0.507 e. The molecule has 1 aliphatic rings. The van der Waals surface area contributed by atoms with Crippen LogP contribution in [0.1, 0.15) is 29.8 Å². The highest BCUT2D eigenvalue weighted by atomic mass is 16.5. The molecule has 0 spiro atoms. The quantitative estimate of drug-likeness (QED) is 0.762. The minimum atomic E-state index is -1.03. The number of hydrogen-bond donors (Lipinski definition) is 2. The lowest BCUT2D eigenvalue weighted by Gasteiger charge is -2.29. The number of benzene rings is 1. The Labute approximate surface area is 92.8 Å². The summed E-state index contributed by atoms with van der Waals surface area (Å²) in [5.41, 5.74) is -0.0387. The second-order valence-corrected chi connectivity index (χ2v) is 4.25. The molecule has 0 atom stereocenters. The Morgan fingerprint density at radius 3 is 2.69 bits per heavy atom. The third kappa shape index (κ3) is 1.74. The van der Waals surface area contributed by atoms with Gasteiger partial charge < -0.3 is 14.9 Å². The second-order valence-electron chi connectivity index (χ2n) is 4.25. The molecule has 0 saturated carbocycles. The van der Waals surface area contributed by atoms with Crippen LogP contribution in [0.15, 0.2) is 24.3 Å². The van der Waals surface area contributed by atoms with E-state index < -0.39 is 11.6 Å². The van der Waals surface area contributed by atoms with Gasteiger partial charge in [-0.25, -0.2) is 4.79 Å². The lowest BCUT2D eigenvalue weighted by molar-refractivity contribution is 0.0696. The molecule has 0 radical (unpaired) electrons. The zero-order chi connectivity index (χ0) is 11.9. The Balaban J connectivity index is 2.54. The van der Waals surface area contributed by atoms with E-state index in [1.165, 1.54) is 12.1 Å². The second kappa shape index (κ2) is 3.27. The first-order chi connectivity index (χ1) is 7.39. The highest BCUT2D eigenvalue weighted by Crippen LogP contribution is 2.35. The van der Waals surface area contributed by atoms with Gasteiger partial charge in [0.1, 0.15) is 17.1 Å². The zero-order valence-corrected chi connectivity index (χ0v) is 9.02. The molecular weight excluding hydrogens is 208 g/mol. The van der Waals surface area contributed by atoms with Crippen LogP contribution in [-0.4, -0.2) is 21.8 Å². The number of hydrogen-bond acceptors (Lipinski definition) is 3. The van der Waals surface area contributed by atoms with Gasteiger partial charge in [0.05, 0.1) is 11.1 Å². The van der Waals surface area contributed by atoms with Gasteiger partial charge in [-0.2, -0.15) is 0 Å². The van der Waals surface area contributed by atoms with Crippen molar-refractivity contribution in [2.24, 2.45) is 0 Å². The molecule has 84 valence electrons. The molecule has 2 rings (SSSR count). The molecule has 0 bridgehead atoms. The van der Waals surface area contributed by atoms with Gasteiger partial charge in [-0.1, -0.05) is 0 Å². The van der Waals surface area contributed by atoms with Gasteiger partial charge in [0, 0.05) is 6.08 Å². The number of carboxylic acid groups (broad SMARTS) is 1. The first-order valence-electron chi connectivity index (χ1n) is 4.87. The average molecular weight is 220 g/mol. The fourth-order valence-corrected chi connectivity index (χ4v) is 1.67. The average Bonchev–Trinajstić information content (AvgIpc) is 2.15. The van der Waals surface area contributed by atoms with Gasteiger partial charge in [-0.15, -0.1) is 0 Å². The van der Waals surface area contributed by atoms with Crippen LogP contribution in [0.2, 0.25) is 0 Å². The van der Waals surface area contributed by atoms with E-state index in [9.17, 15) is 9.90 Å². The number of aromatic carboxylic acids is 1. The number of carboxylic acids is 1. The Hall–Kier alpha value is -1.97. The summed E-state index contributed by atoms with van der Waals surface area (Å²) >= 11 is 0. The van der Waals surface area contributed by atoms with Crippen LogP contribution in [0.3, 0.4) is 0 Å². The van der Waals surface area contributed by atoms with E-state index in [2.05, 4.69) is 0 Å². The first-order valence-corrected chi connectivity index (χ1v) is 4.87. The van der Waals surface area contributed by atoms with Gasteiger partial charge >= 0.3 is 5.97 Å². The Morgan fingerprint density at radius 2 is 2.06 bits per heavy atom. The molecule has 0 fully saturated rings. The van der Waals surface area contributed by atoms with Crippen LogP contribution < -0.4 is 4.74 Å². The summed E-state index contributed by atoms with van der Waals surface area (Å²) in [6, 6.07) is 4.42. The standard InChI is InChI=1S/C12H12O4/c1-12(2)6-9(13)8-5-7(11(14)15)3-4-10(8)16-12/h3-6,13H,1-2H3,(H,14,15). The molecule has 16 heavy (non-hydrogen) atoms. The zero-order valence-electron chi connectivity index (χ0n) is 9.02. The molecule has 4 heteroatoms. The van der Waals surface area contributed by atoms with Crippen molar-refractivity contribution < 1.29 is 19.7 Å². The molecule has 0 unspecified atom stereocenters. The molecule has 0 amide bonds. The predicted molar refractivity (Wildman–Crippen MR) is 58.7 cm³/mol. The maximum absolute atomic E-state index is 10.8. The van der Waals surface area contributed by atoms with E-state index >= 15 is 0 Å². The van der Waals surface area contributed by atoms with E-state index in [1.54, 1.807) is 12.1 Å². The van der Waals surface area contributed by atoms with Crippen LogP contribution in [0.4, 0.5) is 0 Å². The summed E-state index contributed by atoms with van der Waals surface area (Å²) in [4.78, 5) is 10.8. The Bertz CT molecular complexity index is 486. The van der Waals surface area contributed by atoms with Crippen molar-refractivity contribution in [1.82, 2.24) is 0 Å². The summed E-state index contributed by atoms with van der Waals surface area (Å²) in [7, 11) is 0. The highest BCUT2D eigenvalue weighted by molar-refractivity contribution is 5.89. The summed E-state index contributed by atoms with van der Waals surface area (Å²) in [6.45, 7) is 3.63. The van der Waals surface area contributed by atoms with Gasteiger partial charge in [0.2, 0.25) is 0 Å². The third-order valence-electron chi connectivity index (χ3n) is 2.36. The molecular formula is C12H12O4. The van der Waals surface area contributed by atoms with Gasteiger partial charge in [-0.3, -0.25) is 0 Å². The maximum Gasteiger partial charge on any atom is 0.335 e. The molecule has 0 aliphatic carbocycles. The topological polar surface area (TPSA) is 66.8 Å². The number of fused-ring (bicyclic) bond motifs is 1. The Kier molecular flexibility index (Phi) is 2.15. The van der Waals surface area contributed by atoms with Gasteiger partial charge in [-0.05, 0) is 32.0 Å². The Morgan fingerprint density at radius 1 is 1.38 bits per heavy atom. The smallest absolute Gasteiger partial charge is 0.335 e. The molecule has 0 aromatic heterocycles. The normalized spacial score (nSPS) is 17.0. The van der Waals surface area contributed by atoms with Crippen LogP contribution >= 0.6 is 0 Å². The number of aliphatic hydroxyl groups is 1. The van der Waals surface area contributed by atoms with E-state index in [1.807, 2.05) is 13.8 Å². The molecule has 0 saturated heterocycles.